The lowest BCUT2D eigenvalue weighted by atomic mass is 9.89. The highest BCUT2D eigenvalue weighted by Crippen LogP contribution is 2.32. The van der Waals surface area contributed by atoms with Crippen LogP contribution in [-0.4, -0.2) is 45.0 Å². The maximum atomic E-state index is 14.3. The molecule has 184 valence electrons. The molecule has 1 aliphatic heterocycles. The molecular weight excluding hydrogens is 464 g/mol. The van der Waals surface area contributed by atoms with Gasteiger partial charge in [0.15, 0.2) is 5.82 Å². The molecule has 2 atom stereocenters. The number of hydrogen-bond acceptors (Lipinski definition) is 5. The van der Waals surface area contributed by atoms with Crippen molar-refractivity contribution in [1.82, 2.24) is 19.9 Å². The van der Waals surface area contributed by atoms with Crippen LogP contribution in [0.25, 0.3) is 11.4 Å². The van der Waals surface area contributed by atoms with E-state index in [0.29, 0.717) is 23.2 Å². The van der Waals surface area contributed by atoms with E-state index in [0.717, 1.165) is 31.2 Å². The molecular formula is C25H24F4N4O2. The van der Waals surface area contributed by atoms with E-state index in [4.69, 9.17) is 4.74 Å². The number of aromatic nitrogens is 3. The van der Waals surface area contributed by atoms with E-state index in [1.54, 1.807) is 17.9 Å². The van der Waals surface area contributed by atoms with Crippen LogP contribution in [0.2, 0.25) is 0 Å². The van der Waals surface area contributed by atoms with Crippen LogP contribution >= 0.6 is 0 Å². The fraction of sp³-hybridized carbons (Fsp3) is 0.360. The summed E-state index contributed by atoms with van der Waals surface area (Å²) in [5.74, 6) is -0.448. The Bertz CT molecular complexity index is 1190. The zero-order valence-electron chi connectivity index (χ0n) is 19.2. The number of benzene rings is 1. The first-order chi connectivity index (χ1) is 16.6. The molecule has 1 aromatic carbocycles. The minimum absolute atomic E-state index is 0.0412. The number of rotatable bonds is 5. The van der Waals surface area contributed by atoms with Gasteiger partial charge in [-0.25, -0.2) is 19.3 Å². The van der Waals surface area contributed by atoms with Gasteiger partial charge in [0.1, 0.15) is 12.4 Å². The maximum absolute atomic E-state index is 14.3. The summed E-state index contributed by atoms with van der Waals surface area (Å²) < 4.78 is 58.4. The molecule has 2 unspecified atom stereocenters. The normalized spacial score (nSPS) is 18.4. The van der Waals surface area contributed by atoms with Gasteiger partial charge in [-0.1, -0.05) is 6.92 Å². The number of pyridine rings is 1. The molecule has 6 nitrogen and oxygen atoms in total. The quantitative estimate of drug-likeness (QED) is 0.455. The topological polar surface area (TPSA) is 68.2 Å². The molecule has 4 rings (SSSR count). The van der Waals surface area contributed by atoms with Crippen molar-refractivity contribution in [1.29, 1.82) is 0 Å². The third-order valence-corrected chi connectivity index (χ3v) is 6.16. The van der Waals surface area contributed by atoms with Crippen molar-refractivity contribution >= 4 is 5.91 Å². The van der Waals surface area contributed by atoms with Crippen LogP contribution in [0.3, 0.4) is 0 Å². The third kappa shape index (κ3) is 5.41. The lowest BCUT2D eigenvalue weighted by Crippen LogP contribution is -2.51. The minimum atomic E-state index is -4.49. The van der Waals surface area contributed by atoms with Crippen molar-refractivity contribution in [3.8, 4) is 17.3 Å². The first-order valence-corrected chi connectivity index (χ1v) is 11.2. The number of piperidine rings is 1. The van der Waals surface area contributed by atoms with Gasteiger partial charge in [0.2, 0.25) is 5.88 Å². The molecule has 2 aromatic heterocycles. The van der Waals surface area contributed by atoms with Crippen molar-refractivity contribution < 1.29 is 27.1 Å². The predicted octanol–water partition coefficient (Wildman–Crippen LogP) is 5.32. The Morgan fingerprint density at radius 1 is 1.17 bits per heavy atom. The number of carbonyl (C=O) groups is 1. The molecule has 0 radical (unpaired) electrons. The molecule has 1 saturated heterocycles. The summed E-state index contributed by atoms with van der Waals surface area (Å²) in [6.07, 6.45) is 0.909. The Kier molecular flexibility index (Phi) is 7.00. The Morgan fingerprint density at radius 3 is 2.57 bits per heavy atom. The number of alkyl halides is 3. The number of halogens is 4. The lowest BCUT2D eigenvalue weighted by molar-refractivity contribution is -0.137. The van der Waals surface area contributed by atoms with Crippen LogP contribution < -0.4 is 4.74 Å². The summed E-state index contributed by atoms with van der Waals surface area (Å²) in [4.78, 5) is 27.6. The van der Waals surface area contributed by atoms with Crippen molar-refractivity contribution in [2.45, 2.75) is 38.9 Å². The molecule has 0 saturated carbocycles. The number of carbonyl (C=O) groups excluding carboxylic acids is 1. The summed E-state index contributed by atoms with van der Waals surface area (Å²) in [6, 6.07) is 5.90. The molecule has 3 heterocycles. The van der Waals surface area contributed by atoms with Crippen LogP contribution in [0, 0.1) is 18.7 Å². The summed E-state index contributed by atoms with van der Waals surface area (Å²) in [5.41, 5.74) is 0.203. The molecule has 0 N–H and O–H groups in total. The molecule has 10 heteroatoms. The highest BCUT2D eigenvalue weighted by atomic mass is 19.4. The summed E-state index contributed by atoms with van der Waals surface area (Å²) >= 11 is 0. The molecule has 1 aliphatic rings. The van der Waals surface area contributed by atoms with Gasteiger partial charge >= 0.3 is 6.18 Å². The highest BCUT2D eigenvalue weighted by molar-refractivity contribution is 6.01. The predicted molar refractivity (Wildman–Crippen MR) is 120 cm³/mol. The van der Waals surface area contributed by atoms with Crippen LogP contribution in [0.5, 0.6) is 5.88 Å². The van der Waals surface area contributed by atoms with Crippen molar-refractivity contribution in [3.63, 3.8) is 0 Å². The standard InChI is InChI=1S/C25H24F4N4O2/c1-15-5-3-10-33(20(15)14-35-21-7-6-17(13-32-21)25(27,28)29)24(34)22-16(2)11-18(26)12-19(22)23-30-8-4-9-31-23/h4,6-9,11-13,15,20H,3,5,10,14H2,1-2H3. The SMILES string of the molecule is Cc1cc(F)cc(-c2ncccn2)c1C(=O)N1CCCC(C)C1COc1ccc(C(F)(F)F)cn1. The van der Waals surface area contributed by atoms with E-state index >= 15 is 0 Å². The Hall–Kier alpha value is -3.56. The van der Waals surface area contributed by atoms with Gasteiger partial charge in [-0.15, -0.1) is 0 Å². The van der Waals surface area contributed by atoms with Crippen molar-refractivity contribution in [3.05, 3.63) is 71.4 Å². The average molecular weight is 488 g/mol. The lowest BCUT2D eigenvalue weighted by Gasteiger charge is -2.40. The fourth-order valence-electron chi connectivity index (χ4n) is 4.34. The first-order valence-electron chi connectivity index (χ1n) is 11.2. The van der Waals surface area contributed by atoms with Gasteiger partial charge in [-0.3, -0.25) is 4.79 Å². The van der Waals surface area contributed by atoms with Gasteiger partial charge in [-0.2, -0.15) is 13.2 Å². The molecule has 1 amide bonds. The smallest absolute Gasteiger partial charge is 0.417 e. The molecule has 0 aliphatic carbocycles. The van der Waals surface area contributed by atoms with E-state index in [9.17, 15) is 22.4 Å². The zero-order valence-corrected chi connectivity index (χ0v) is 19.2. The first kappa shape index (κ1) is 24.6. The van der Waals surface area contributed by atoms with Crippen molar-refractivity contribution in [2.75, 3.05) is 13.2 Å². The summed E-state index contributed by atoms with van der Waals surface area (Å²) in [5, 5.41) is 0. The maximum Gasteiger partial charge on any atom is 0.417 e. The molecule has 35 heavy (non-hydrogen) atoms. The Morgan fingerprint density at radius 2 is 1.91 bits per heavy atom. The third-order valence-electron chi connectivity index (χ3n) is 6.16. The van der Waals surface area contributed by atoms with E-state index in [2.05, 4.69) is 15.0 Å². The minimum Gasteiger partial charge on any atom is -0.475 e. The number of nitrogens with zero attached hydrogens (tertiary/aromatic N) is 4. The van der Waals surface area contributed by atoms with Gasteiger partial charge in [0.25, 0.3) is 5.91 Å². The second-order valence-corrected chi connectivity index (χ2v) is 8.60. The number of ether oxygens (including phenoxy) is 1. The van der Waals surface area contributed by atoms with Gasteiger partial charge in [0.05, 0.1) is 17.2 Å². The van der Waals surface area contributed by atoms with Crippen LogP contribution in [-0.2, 0) is 6.18 Å². The number of aryl methyl sites for hydroxylation is 1. The monoisotopic (exact) mass is 488 g/mol. The number of hydrogen-bond donors (Lipinski definition) is 0. The van der Waals surface area contributed by atoms with Crippen LogP contribution in [0.4, 0.5) is 17.6 Å². The second kappa shape index (κ2) is 9.97. The molecule has 3 aromatic rings. The average Bonchev–Trinajstić information content (AvgIpc) is 2.82. The Balaban J connectivity index is 1.60. The number of likely N-dealkylation sites (tertiary alicyclic amines) is 1. The summed E-state index contributed by atoms with van der Waals surface area (Å²) in [7, 11) is 0. The molecule has 0 bridgehead atoms. The van der Waals surface area contributed by atoms with Crippen LogP contribution in [0.15, 0.2) is 48.9 Å². The molecule has 0 spiro atoms. The Labute approximate surface area is 200 Å². The van der Waals surface area contributed by atoms with Crippen molar-refractivity contribution in [2.24, 2.45) is 5.92 Å². The van der Waals surface area contributed by atoms with Gasteiger partial charge in [0, 0.05) is 36.8 Å². The fourth-order valence-corrected chi connectivity index (χ4v) is 4.34. The molecule has 1 fully saturated rings. The van der Waals surface area contributed by atoms with E-state index in [-0.39, 0.29) is 36.2 Å². The van der Waals surface area contributed by atoms with E-state index in [1.165, 1.54) is 24.5 Å². The van der Waals surface area contributed by atoms with Gasteiger partial charge in [-0.05, 0) is 55.5 Å². The number of amides is 1. The van der Waals surface area contributed by atoms with E-state index < -0.39 is 17.6 Å². The highest BCUT2D eigenvalue weighted by Gasteiger charge is 2.35. The summed E-state index contributed by atoms with van der Waals surface area (Å²) in [6.45, 7) is 4.17. The second-order valence-electron chi connectivity index (χ2n) is 8.60. The van der Waals surface area contributed by atoms with Crippen LogP contribution in [0.1, 0.15) is 41.3 Å². The largest absolute Gasteiger partial charge is 0.475 e. The van der Waals surface area contributed by atoms with Gasteiger partial charge < -0.3 is 9.64 Å². The zero-order chi connectivity index (χ0) is 25.2. The van der Waals surface area contributed by atoms with E-state index in [1.807, 2.05) is 6.92 Å².